The number of nitrogens with one attached hydrogen (secondary N) is 2. The number of rotatable bonds is 3. The Morgan fingerprint density at radius 2 is 2.00 bits per heavy atom. The van der Waals surface area contributed by atoms with Gasteiger partial charge in [-0.1, -0.05) is 12.1 Å². The largest absolute Gasteiger partial charge is 0.339 e. The second kappa shape index (κ2) is 6.05. The molecule has 2 heterocycles. The third-order valence-corrected chi connectivity index (χ3v) is 4.01. The summed E-state index contributed by atoms with van der Waals surface area (Å²) < 4.78 is 0. The van der Waals surface area contributed by atoms with Crippen LogP contribution in [0.1, 0.15) is 23.2 Å². The van der Waals surface area contributed by atoms with Gasteiger partial charge in [0.25, 0.3) is 5.91 Å². The lowest BCUT2D eigenvalue weighted by Crippen LogP contribution is -2.43. The maximum Gasteiger partial charge on any atom is 0.253 e. The molecule has 1 aromatic carbocycles. The van der Waals surface area contributed by atoms with Crippen molar-refractivity contribution in [3.05, 3.63) is 36.2 Å². The van der Waals surface area contributed by atoms with E-state index in [0.717, 1.165) is 37.1 Å². The number of hydrogen-bond acceptors (Lipinski definition) is 4. The van der Waals surface area contributed by atoms with Crippen molar-refractivity contribution in [3.8, 4) is 11.4 Å². The normalized spacial score (nSPS) is 16.1. The van der Waals surface area contributed by atoms with E-state index in [1.807, 2.05) is 36.2 Å². The molecule has 0 saturated carbocycles. The van der Waals surface area contributed by atoms with Gasteiger partial charge in [0.15, 0.2) is 5.82 Å². The molecule has 6 heteroatoms. The standard InChI is InChI=1S/C15H19N5O/c1-16-13-6-8-20(9-7-13)15(21)12-4-2-11(3-5-12)14-17-10-18-19-14/h2-5,10,13,16H,6-9H2,1H3,(H,17,18,19). The summed E-state index contributed by atoms with van der Waals surface area (Å²) in [6.45, 7) is 1.63. The van der Waals surface area contributed by atoms with Crippen molar-refractivity contribution in [3.63, 3.8) is 0 Å². The maximum atomic E-state index is 12.5. The average molecular weight is 285 g/mol. The molecule has 21 heavy (non-hydrogen) atoms. The van der Waals surface area contributed by atoms with Crippen LogP contribution in [0.25, 0.3) is 11.4 Å². The highest BCUT2D eigenvalue weighted by Crippen LogP contribution is 2.17. The van der Waals surface area contributed by atoms with Crippen LogP contribution in [-0.2, 0) is 0 Å². The number of H-pyrrole nitrogens is 1. The van der Waals surface area contributed by atoms with E-state index in [1.165, 1.54) is 6.33 Å². The molecule has 2 N–H and O–H groups in total. The van der Waals surface area contributed by atoms with Gasteiger partial charge in [0.1, 0.15) is 6.33 Å². The molecule has 110 valence electrons. The first-order chi connectivity index (χ1) is 10.3. The molecule has 0 spiro atoms. The average Bonchev–Trinajstić information content (AvgIpc) is 3.09. The predicted molar refractivity (Wildman–Crippen MR) is 79.8 cm³/mol. The SMILES string of the molecule is CNC1CCN(C(=O)c2ccc(-c3ncn[nH]3)cc2)CC1. The summed E-state index contributed by atoms with van der Waals surface area (Å²) in [5.41, 5.74) is 1.65. The number of carbonyl (C=O) groups is 1. The van der Waals surface area contributed by atoms with Crippen molar-refractivity contribution in [1.82, 2.24) is 25.4 Å². The van der Waals surface area contributed by atoms with Gasteiger partial charge >= 0.3 is 0 Å². The Bertz CT molecular complexity index is 585. The maximum absolute atomic E-state index is 12.5. The highest BCUT2D eigenvalue weighted by Gasteiger charge is 2.22. The topological polar surface area (TPSA) is 73.9 Å². The number of nitrogens with zero attached hydrogens (tertiary/aromatic N) is 3. The summed E-state index contributed by atoms with van der Waals surface area (Å²) in [5, 5.41) is 9.91. The van der Waals surface area contributed by atoms with Gasteiger partial charge in [-0.05, 0) is 32.0 Å². The summed E-state index contributed by atoms with van der Waals surface area (Å²) in [7, 11) is 1.98. The Balaban J connectivity index is 1.68. The second-order valence-electron chi connectivity index (χ2n) is 5.27. The van der Waals surface area contributed by atoms with Crippen LogP contribution in [0.3, 0.4) is 0 Å². The van der Waals surface area contributed by atoms with Crippen LogP contribution >= 0.6 is 0 Å². The molecule has 0 atom stereocenters. The van der Waals surface area contributed by atoms with Gasteiger partial charge in [-0.25, -0.2) is 4.98 Å². The third kappa shape index (κ3) is 2.95. The van der Waals surface area contributed by atoms with E-state index in [9.17, 15) is 4.79 Å². The number of carbonyl (C=O) groups excluding carboxylic acids is 1. The highest BCUT2D eigenvalue weighted by molar-refractivity contribution is 5.94. The van der Waals surface area contributed by atoms with Gasteiger partial charge in [0.2, 0.25) is 0 Å². The van der Waals surface area contributed by atoms with E-state index in [1.54, 1.807) is 0 Å². The fourth-order valence-corrected chi connectivity index (χ4v) is 2.67. The van der Waals surface area contributed by atoms with Gasteiger partial charge in [0, 0.05) is 30.3 Å². The number of amides is 1. The molecule has 0 aliphatic carbocycles. The van der Waals surface area contributed by atoms with E-state index in [-0.39, 0.29) is 5.91 Å². The summed E-state index contributed by atoms with van der Waals surface area (Å²) in [4.78, 5) is 18.5. The first kappa shape index (κ1) is 13.8. The van der Waals surface area contributed by atoms with Crippen molar-refractivity contribution < 1.29 is 4.79 Å². The molecule has 0 unspecified atom stereocenters. The first-order valence-corrected chi connectivity index (χ1v) is 7.20. The summed E-state index contributed by atoms with van der Waals surface area (Å²) in [6, 6.07) is 8.03. The van der Waals surface area contributed by atoms with Gasteiger partial charge in [0.05, 0.1) is 0 Å². The lowest BCUT2D eigenvalue weighted by atomic mass is 10.0. The number of hydrogen-bond donors (Lipinski definition) is 2. The quantitative estimate of drug-likeness (QED) is 0.891. The van der Waals surface area contributed by atoms with Gasteiger partial charge in [-0.2, -0.15) is 5.10 Å². The zero-order valence-corrected chi connectivity index (χ0v) is 12.0. The van der Waals surface area contributed by atoms with Crippen molar-refractivity contribution in [1.29, 1.82) is 0 Å². The van der Waals surface area contributed by atoms with Crippen LogP contribution < -0.4 is 5.32 Å². The molecule has 1 fully saturated rings. The minimum absolute atomic E-state index is 0.105. The summed E-state index contributed by atoms with van der Waals surface area (Å²) in [5.74, 6) is 0.817. The van der Waals surface area contributed by atoms with Gasteiger partial charge in [-0.3, -0.25) is 9.89 Å². The molecular weight excluding hydrogens is 266 g/mol. The number of benzene rings is 1. The van der Waals surface area contributed by atoms with Crippen LogP contribution in [0.4, 0.5) is 0 Å². The Labute approximate surface area is 123 Å². The van der Waals surface area contributed by atoms with Crippen LogP contribution in [0.5, 0.6) is 0 Å². The Hall–Kier alpha value is -2.21. The molecule has 6 nitrogen and oxygen atoms in total. The fraction of sp³-hybridized carbons (Fsp3) is 0.400. The smallest absolute Gasteiger partial charge is 0.253 e. The summed E-state index contributed by atoms with van der Waals surface area (Å²) in [6.07, 6.45) is 3.50. The molecule has 1 aliphatic rings. The highest BCUT2D eigenvalue weighted by atomic mass is 16.2. The van der Waals surface area contributed by atoms with Crippen molar-refractivity contribution in [2.45, 2.75) is 18.9 Å². The Kier molecular flexibility index (Phi) is 3.96. The number of aromatic amines is 1. The lowest BCUT2D eigenvalue weighted by molar-refractivity contribution is 0.0707. The number of aromatic nitrogens is 3. The molecule has 3 rings (SSSR count). The molecule has 1 saturated heterocycles. The zero-order valence-electron chi connectivity index (χ0n) is 12.0. The van der Waals surface area contributed by atoms with E-state index >= 15 is 0 Å². The van der Waals surface area contributed by atoms with Gasteiger partial charge < -0.3 is 10.2 Å². The molecule has 1 aliphatic heterocycles. The Morgan fingerprint density at radius 3 is 2.57 bits per heavy atom. The van der Waals surface area contributed by atoms with E-state index < -0.39 is 0 Å². The fourth-order valence-electron chi connectivity index (χ4n) is 2.67. The van der Waals surface area contributed by atoms with E-state index in [4.69, 9.17) is 0 Å². The monoisotopic (exact) mass is 285 g/mol. The first-order valence-electron chi connectivity index (χ1n) is 7.20. The minimum Gasteiger partial charge on any atom is -0.339 e. The lowest BCUT2D eigenvalue weighted by Gasteiger charge is -2.31. The molecule has 0 radical (unpaired) electrons. The van der Waals surface area contributed by atoms with Crippen molar-refractivity contribution >= 4 is 5.91 Å². The molecule has 1 amide bonds. The van der Waals surface area contributed by atoms with Crippen molar-refractivity contribution in [2.24, 2.45) is 0 Å². The van der Waals surface area contributed by atoms with Gasteiger partial charge in [-0.15, -0.1) is 0 Å². The Morgan fingerprint density at radius 1 is 1.29 bits per heavy atom. The molecular formula is C15H19N5O. The zero-order chi connectivity index (χ0) is 14.7. The number of likely N-dealkylation sites (tertiary alicyclic amines) is 1. The van der Waals surface area contributed by atoms with Crippen LogP contribution in [-0.4, -0.2) is 52.2 Å². The van der Waals surface area contributed by atoms with E-state index in [2.05, 4.69) is 20.5 Å². The molecule has 0 bridgehead atoms. The van der Waals surface area contributed by atoms with Crippen LogP contribution in [0.15, 0.2) is 30.6 Å². The molecule has 2 aromatic rings. The minimum atomic E-state index is 0.105. The number of piperidine rings is 1. The predicted octanol–water partition coefficient (Wildman–Crippen LogP) is 1.30. The third-order valence-electron chi connectivity index (χ3n) is 4.01. The van der Waals surface area contributed by atoms with E-state index in [0.29, 0.717) is 11.9 Å². The second-order valence-corrected chi connectivity index (χ2v) is 5.27. The molecule has 1 aromatic heterocycles. The summed E-state index contributed by atoms with van der Waals surface area (Å²) >= 11 is 0. The van der Waals surface area contributed by atoms with Crippen LogP contribution in [0, 0.1) is 0 Å². The van der Waals surface area contributed by atoms with Crippen molar-refractivity contribution in [2.75, 3.05) is 20.1 Å². The van der Waals surface area contributed by atoms with Crippen LogP contribution in [0.2, 0.25) is 0 Å².